The van der Waals surface area contributed by atoms with Crippen molar-refractivity contribution in [3.05, 3.63) is 24.0 Å². The average molecular weight is 290 g/mol. The van der Waals surface area contributed by atoms with Crippen LogP contribution in [0.15, 0.2) is 18.5 Å². The molecule has 2 saturated heterocycles. The van der Waals surface area contributed by atoms with Crippen molar-refractivity contribution in [3.63, 3.8) is 0 Å². The predicted molar refractivity (Wildman–Crippen MR) is 83.8 cm³/mol. The summed E-state index contributed by atoms with van der Waals surface area (Å²) in [7, 11) is 0. The third-order valence-electron chi connectivity index (χ3n) is 4.57. The van der Waals surface area contributed by atoms with Crippen LogP contribution in [0.25, 0.3) is 0 Å². The highest BCUT2D eigenvalue weighted by Gasteiger charge is 2.22. The number of nitrogens with zero attached hydrogens (tertiary/aromatic N) is 2. The Hall–Kier alpha value is -1.13. The van der Waals surface area contributed by atoms with Crippen LogP contribution in [-0.2, 0) is 9.47 Å². The summed E-state index contributed by atoms with van der Waals surface area (Å²) in [4.78, 5) is 6.62. The van der Waals surface area contributed by atoms with Crippen LogP contribution in [-0.4, -0.2) is 43.5 Å². The van der Waals surface area contributed by atoms with Gasteiger partial charge in [0, 0.05) is 37.8 Å². The van der Waals surface area contributed by atoms with Crippen molar-refractivity contribution >= 4 is 5.69 Å². The molecular weight excluding hydrogens is 264 g/mol. The Morgan fingerprint density at radius 1 is 1.29 bits per heavy atom. The number of hydrogen-bond acceptors (Lipinski definition) is 4. The van der Waals surface area contributed by atoms with Gasteiger partial charge >= 0.3 is 0 Å². The molecule has 2 aliphatic rings. The van der Waals surface area contributed by atoms with Crippen molar-refractivity contribution in [2.24, 2.45) is 0 Å². The maximum atomic E-state index is 6.07. The summed E-state index contributed by atoms with van der Waals surface area (Å²) in [6, 6.07) is 2.12. The molecule has 4 nitrogen and oxygen atoms in total. The van der Waals surface area contributed by atoms with Gasteiger partial charge < -0.3 is 14.4 Å². The summed E-state index contributed by atoms with van der Waals surface area (Å²) in [5, 5.41) is 0. The Bertz CT molecular complexity index is 438. The fourth-order valence-corrected chi connectivity index (χ4v) is 3.27. The minimum Gasteiger partial charge on any atom is -0.376 e. The Morgan fingerprint density at radius 2 is 2.14 bits per heavy atom. The number of aryl methyl sites for hydroxylation is 1. The molecule has 1 atom stereocenters. The largest absolute Gasteiger partial charge is 0.376 e. The van der Waals surface area contributed by atoms with E-state index in [0.29, 0.717) is 12.2 Å². The first kappa shape index (κ1) is 14.8. The van der Waals surface area contributed by atoms with Crippen LogP contribution < -0.4 is 4.90 Å². The van der Waals surface area contributed by atoms with Gasteiger partial charge in [-0.3, -0.25) is 4.98 Å². The van der Waals surface area contributed by atoms with Gasteiger partial charge in [-0.15, -0.1) is 0 Å². The second kappa shape index (κ2) is 7.23. The first-order chi connectivity index (χ1) is 10.3. The highest BCUT2D eigenvalue weighted by molar-refractivity contribution is 5.51. The first-order valence-electron chi connectivity index (χ1n) is 8.21. The van der Waals surface area contributed by atoms with Crippen LogP contribution in [0.1, 0.15) is 37.7 Å². The summed E-state index contributed by atoms with van der Waals surface area (Å²) in [5.74, 6) is 0. The SMILES string of the molecule is Cc1cnccc1N1CCC(OCC2CCCCO2)CC1. The van der Waals surface area contributed by atoms with Gasteiger partial charge in [-0.05, 0) is 50.7 Å². The van der Waals surface area contributed by atoms with Crippen LogP contribution in [0.3, 0.4) is 0 Å². The van der Waals surface area contributed by atoms with Crippen LogP contribution in [0.4, 0.5) is 5.69 Å². The molecule has 2 aliphatic heterocycles. The molecule has 0 N–H and O–H groups in total. The lowest BCUT2D eigenvalue weighted by Crippen LogP contribution is -2.38. The van der Waals surface area contributed by atoms with Crippen LogP contribution in [0.2, 0.25) is 0 Å². The van der Waals surface area contributed by atoms with Crippen molar-refractivity contribution in [3.8, 4) is 0 Å². The van der Waals surface area contributed by atoms with Crippen LogP contribution >= 0.6 is 0 Å². The summed E-state index contributed by atoms with van der Waals surface area (Å²) in [6.45, 7) is 5.96. The number of piperidine rings is 1. The minimum atomic E-state index is 0.333. The van der Waals surface area contributed by atoms with E-state index >= 15 is 0 Å². The quantitative estimate of drug-likeness (QED) is 0.854. The lowest BCUT2D eigenvalue weighted by Gasteiger charge is -2.35. The molecular formula is C17H26N2O2. The zero-order valence-corrected chi connectivity index (χ0v) is 13.0. The molecule has 0 bridgehead atoms. The van der Waals surface area contributed by atoms with E-state index in [4.69, 9.17) is 9.47 Å². The monoisotopic (exact) mass is 290 g/mol. The molecule has 2 fully saturated rings. The van der Waals surface area contributed by atoms with Crippen LogP contribution in [0.5, 0.6) is 0 Å². The fraction of sp³-hybridized carbons (Fsp3) is 0.706. The standard InChI is InChI=1S/C17H26N2O2/c1-14-12-18-8-5-17(14)19-9-6-15(7-10-19)21-13-16-4-2-3-11-20-16/h5,8,12,15-16H,2-4,6-7,9-11,13H2,1H3. The molecule has 0 radical (unpaired) electrons. The molecule has 1 aromatic heterocycles. The molecule has 0 spiro atoms. The molecule has 0 amide bonds. The number of hydrogen-bond donors (Lipinski definition) is 0. The van der Waals surface area contributed by atoms with Gasteiger partial charge in [0.15, 0.2) is 0 Å². The van der Waals surface area contributed by atoms with Crippen molar-refractivity contribution in [1.29, 1.82) is 0 Å². The van der Waals surface area contributed by atoms with Crippen molar-refractivity contribution in [2.45, 2.75) is 51.2 Å². The third kappa shape index (κ3) is 3.95. The molecule has 4 heteroatoms. The van der Waals surface area contributed by atoms with Gasteiger partial charge in [0.25, 0.3) is 0 Å². The smallest absolute Gasteiger partial charge is 0.0808 e. The lowest BCUT2D eigenvalue weighted by atomic mass is 10.1. The van der Waals surface area contributed by atoms with E-state index in [1.807, 2.05) is 12.4 Å². The van der Waals surface area contributed by atoms with Crippen molar-refractivity contribution < 1.29 is 9.47 Å². The normalized spacial score (nSPS) is 24.2. The molecule has 0 aromatic carbocycles. The number of anilines is 1. The minimum absolute atomic E-state index is 0.333. The van der Waals surface area contributed by atoms with E-state index in [-0.39, 0.29) is 0 Å². The second-order valence-electron chi connectivity index (χ2n) is 6.17. The van der Waals surface area contributed by atoms with Crippen molar-refractivity contribution in [1.82, 2.24) is 4.98 Å². The molecule has 0 aliphatic carbocycles. The number of ether oxygens (including phenoxy) is 2. The molecule has 116 valence electrons. The molecule has 3 heterocycles. The van der Waals surface area contributed by atoms with E-state index in [1.54, 1.807) is 0 Å². The van der Waals surface area contributed by atoms with Gasteiger partial charge in [0.1, 0.15) is 0 Å². The highest BCUT2D eigenvalue weighted by atomic mass is 16.5. The average Bonchev–Trinajstić information content (AvgIpc) is 2.55. The van der Waals surface area contributed by atoms with E-state index < -0.39 is 0 Å². The summed E-state index contributed by atoms with van der Waals surface area (Å²) < 4.78 is 11.8. The second-order valence-corrected chi connectivity index (χ2v) is 6.17. The van der Waals surface area contributed by atoms with Gasteiger partial charge in [-0.25, -0.2) is 0 Å². The van der Waals surface area contributed by atoms with E-state index in [1.165, 1.54) is 24.1 Å². The van der Waals surface area contributed by atoms with E-state index in [2.05, 4.69) is 22.9 Å². The van der Waals surface area contributed by atoms with Crippen molar-refractivity contribution in [2.75, 3.05) is 31.2 Å². The number of pyridine rings is 1. The third-order valence-corrected chi connectivity index (χ3v) is 4.57. The van der Waals surface area contributed by atoms with Gasteiger partial charge in [0.2, 0.25) is 0 Å². The maximum Gasteiger partial charge on any atom is 0.0808 e. The van der Waals surface area contributed by atoms with Gasteiger partial charge in [0.05, 0.1) is 18.8 Å². The molecule has 3 rings (SSSR count). The Balaban J connectivity index is 1.43. The Kier molecular flexibility index (Phi) is 5.09. The van der Waals surface area contributed by atoms with E-state index in [0.717, 1.165) is 45.6 Å². The van der Waals surface area contributed by atoms with Gasteiger partial charge in [-0.1, -0.05) is 0 Å². The molecule has 1 unspecified atom stereocenters. The van der Waals surface area contributed by atoms with E-state index in [9.17, 15) is 0 Å². The zero-order valence-electron chi connectivity index (χ0n) is 13.0. The summed E-state index contributed by atoms with van der Waals surface area (Å²) in [6.07, 6.45) is 10.4. The predicted octanol–water partition coefficient (Wildman–Crippen LogP) is 2.94. The Labute approximate surface area is 127 Å². The summed E-state index contributed by atoms with van der Waals surface area (Å²) >= 11 is 0. The molecule has 1 aromatic rings. The highest BCUT2D eigenvalue weighted by Crippen LogP contribution is 2.24. The number of rotatable bonds is 4. The Morgan fingerprint density at radius 3 is 2.86 bits per heavy atom. The zero-order chi connectivity index (χ0) is 14.5. The molecule has 0 saturated carbocycles. The lowest BCUT2D eigenvalue weighted by molar-refractivity contribution is -0.0672. The topological polar surface area (TPSA) is 34.6 Å². The fourth-order valence-electron chi connectivity index (χ4n) is 3.27. The van der Waals surface area contributed by atoms with Gasteiger partial charge in [-0.2, -0.15) is 0 Å². The summed E-state index contributed by atoms with van der Waals surface area (Å²) in [5.41, 5.74) is 2.58. The number of aromatic nitrogens is 1. The molecule has 21 heavy (non-hydrogen) atoms. The maximum absolute atomic E-state index is 6.07. The first-order valence-corrected chi connectivity index (χ1v) is 8.21. The van der Waals surface area contributed by atoms with Crippen LogP contribution in [0, 0.1) is 6.92 Å².